The van der Waals surface area contributed by atoms with Crippen molar-refractivity contribution in [2.75, 3.05) is 18.0 Å². The van der Waals surface area contributed by atoms with Crippen LogP contribution in [0.5, 0.6) is 5.75 Å². The van der Waals surface area contributed by atoms with Gasteiger partial charge in [0.05, 0.1) is 27.7 Å². The number of sulfonamides is 1. The Morgan fingerprint density at radius 3 is 2.13 bits per heavy atom. The predicted octanol–water partition coefficient (Wildman–Crippen LogP) is 6.75. The Morgan fingerprint density at radius 2 is 1.50 bits per heavy atom. The number of rotatable bonds is 14. The second kappa shape index (κ2) is 16.0. The first-order chi connectivity index (χ1) is 22.0. The molecule has 0 aromatic heterocycles. The minimum absolute atomic E-state index is 0.0106. The van der Waals surface area contributed by atoms with Crippen molar-refractivity contribution in [2.45, 2.75) is 50.2 Å². The standard InChI is InChI=1S/C35H37Cl2N3O5S/c1-4-25(2)38-35(42)33(21-26-12-7-5-8-13-26)39(23-27-14-11-15-29(20-27)45-3)34(41)24-40(28-18-19-31(36)32(37)22-28)46(43,44)30-16-9-6-10-17-30/h5-20,22,25,33H,4,21,23-24H2,1-3H3,(H,38,42). The fourth-order valence-corrected chi connectivity index (χ4v) is 6.57. The van der Waals surface area contributed by atoms with Gasteiger partial charge in [-0.2, -0.15) is 0 Å². The molecule has 0 aliphatic carbocycles. The third-order valence-corrected chi connectivity index (χ3v) is 10.1. The minimum atomic E-state index is -4.26. The third kappa shape index (κ3) is 8.81. The molecule has 4 rings (SSSR count). The summed E-state index contributed by atoms with van der Waals surface area (Å²) in [6, 6.07) is 27.6. The zero-order valence-corrected chi connectivity index (χ0v) is 28.2. The molecule has 0 radical (unpaired) electrons. The van der Waals surface area contributed by atoms with Crippen molar-refractivity contribution >= 4 is 50.7 Å². The minimum Gasteiger partial charge on any atom is -0.497 e. The summed E-state index contributed by atoms with van der Waals surface area (Å²) in [4.78, 5) is 29.9. The van der Waals surface area contributed by atoms with Gasteiger partial charge in [0.25, 0.3) is 10.0 Å². The van der Waals surface area contributed by atoms with Gasteiger partial charge in [0.2, 0.25) is 11.8 Å². The van der Waals surface area contributed by atoms with Gasteiger partial charge < -0.3 is 15.0 Å². The Hall–Kier alpha value is -4.05. The molecule has 11 heteroatoms. The molecular weight excluding hydrogens is 645 g/mol. The van der Waals surface area contributed by atoms with Gasteiger partial charge in [-0.3, -0.25) is 13.9 Å². The fourth-order valence-electron chi connectivity index (χ4n) is 4.85. The normalized spacial score (nSPS) is 12.5. The highest BCUT2D eigenvalue weighted by Crippen LogP contribution is 2.31. The van der Waals surface area contributed by atoms with E-state index in [1.807, 2.05) is 50.2 Å². The highest BCUT2D eigenvalue weighted by molar-refractivity contribution is 7.92. The molecule has 242 valence electrons. The van der Waals surface area contributed by atoms with E-state index >= 15 is 0 Å². The van der Waals surface area contributed by atoms with Gasteiger partial charge in [-0.05, 0) is 66.9 Å². The summed E-state index contributed by atoms with van der Waals surface area (Å²) in [5, 5.41) is 3.39. The van der Waals surface area contributed by atoms with Crippen LogP contribution >= 0.6 is 23.2 Å². The first kappa shape index (κ1) is 34.8. The van der Waals surface area contributed by atoms with Crippen LogP contribution in [0.2, 0.25) is 10.0 Å². The number of carbonyl (C=O) groups is 2. The van der Waals surface area contributed by atoms with Crippen LogP contribution in [-0.2, 0) is 32.6 Å². The SMILES string of the molecule is CCC(C)NC(=O)C(Cc1ccccc1)N(Cc1cccc(OC)c1)C(=O)CN(c1ccc(Cl)c(Cl)c1)S(=O)(=O)c1ccccc1. The van der Waals surface area contributed by atoms with Crippen molar-refractivity contribution in [3.8, 4) is 5.75 Å². The molecule has 0 spiro atoms. The van der Waals surface area contributed by atoms with E-state index in [0.29, 0.717) is 17.7 Å². The molecule has 2 atom stereocenters. The number of nitrogens with zero attached hydrogens (tertiary/aromatic N) is 2. The Balaban J connectivity index is 1.83. The highest BCUT2D eigenvalue weighted by Gasteiger charge is 2.35. The van der Waals surface area contributed by atoms with Crippen molar-refractivity contribution in [3.05, 3.63) is 124 Å². The molecule has 0 saturated heterocycles. The first-order valence-electron chi connectivity index (χ1n) is 14.8. The Bertz CT molecular complexity index is 1740. The van der Waals surface area contributed by atoms with E-state index in [0.717, 1.165) is 9.87 Å². The molecule has 0 heterocycles. The second-order valence-corrected chi connectivity index (χ2v) is 13.5. The average molecular weight is 683 g/mol. The van der Waals surface area contributed by atoms with Gasteiger partial charge in [-0.1, -0.05) is 90.8 Å². The predicted molar refractivity (Wildman–Crippen MR) is 183 cm³/mol. The summed E-state index contributed by atoms with van der Waals surface area (Å²) in [6.07, 6.45) is 0.894. The van der Waals surface area contributed by atoms with E-state index in [1.165, 1.54) is 35.2 Å². The van der Waals surface area contributed by atoms with Crippen LogP contribution < -0.4 is 14.4 Å². The molecule has 0 saturated carbocycles. The van der Waals surface area contributed by atoms with Crippen molar-refractivity contribution in [2.24, 2.45) is 0 Å². The molecule has 2 unspecified atom stereocenters. The average Bonchev–Trinajstić information content (AvgIpc) is 3.07. The molecular formula is C35H37Cl2N3O5S. The molecule has 4 aromatic carbocycles. The number of ether oxygens (including phenoxy) is 1. The molecule has 4 aromatic rings. The summed E-state index contributed by atoms with van der Waals surface area (Å²) in [5.74, 6) is -0.354. The van der Waals surface area contributed by atoms with Crippen LogP contribution in [0.15, 0.2) is 108 Å². The number of carbonyl (C=O) groups excluding carboxylic acids is 2. The maximum atomic E-state index is 14.6. The topological polar surface area (TPSA) is 96.0 Å². The second-order valence-electron chi connectivity index (χ2n) is 10.8. The van der Waals surface area contributed by atoms with Crippen LogP contribution in [0.4, 0.5) is 5.69 Å². The van der Waals surface area contributed by atoms with Crippen molar-refractivity contribution in [3.63, 3.8) is 0 Å². The maximum Gasteiger partial charge on any atom is 0.264 e. The number of methoxy groups -OCH3 is 1. The van der Waals surface area contributed by atoms with Crippen LogP contribution in [0.25, 0.3) is 0 Å². The molecule has 1 N–H and O–H groups in total. The number of halogens is 2. The van der Waals surface area contributed by atoms with Gasteiger partial charge in [-0.25, -0.2) is 8.42 Å². The molecule has 0 aliphatic rings. The van der Waals surface area contributed by atoms with E-state index in [2.05, 4.69) is 5.32 Å². The number of nitrogens with one attached hydrogen (secondary N) is 1. The lowest BCUT2D eigenvalue weighted by Gasteiger charge is -2.34. The zero-order chi connectivity index (χ0) is 33.3. The van der Waals surface area contributed by atoms with Crippen LogP contribution in [0.1, 0.15) is 31.4 Å². The Labute approximate surface area is 280 Å². The van der Waals surface area contributed by atoms with E-state index in [1.54, 1.807) is 43.5 Å². The summed E-state index contributed by atoms with van der Waals surface area (Å²) in [5.41, 5.74) is 1.69. The molecule has 0 aliphatic heterocycles. The largest absolute Gasteiger partial charge is 0.497 e. The van der Waals surface area contributed by atoms with E-state index in [-0.39, 0.29) is 45.5 Å². The molecule has 0 fully saturated rings. The quantitative estimate of drug-likeness (QED) is 0.159. The van der Waals surface area contributed by atoms with E-state index < -0.39 is 28.5 Å². The smallest absolute Gasteiger partial charge is 0.264 e. The lowest BCUT2D eigenvalue weighted by atomic mass is 10.0. The first-order valence-corrected chi connectivity index (χ1v) is 17.0. The van der Waals surface area contributed by atoms with Gasteiger partial charge in [0.15, 0.2) is 0 Å². The molecule has 2 amide bonds. The van der Waals surface area contributed by atoms with Crippen molar-refractivity contribution < 1.29 is 22.7 Å². The van der Waals surface area contributed by atoms with Crippen LogP contribution in [0, 0.1) is 0 Å². The number of anilines is 1. The third-order valence-electron chi connectivity index (χ3n) is 7.56. The maximum absolute atomic E-state index is 14.6. The molecule has 46 heavy (non-hydrogen) atoms. The lowest BCUT2D eigenvalue weighted by molar-refractivity contribution is -0.140. The van der Waals surface area contributed by atoms with Gasteiger partial charge in [-0.15, -0.1) is 0 Å². The van der Waals surface area contributed by atoms with E-state index in [4.69, 9.17) is 27.9 Å². The van der Waals surface area contributed by atoms with Gasteiger partial charge in [0, 0.05) is 19.0 Å². The summed E-state index contributed by atoms with van der Waals surface area (Å²) in [7, 11) is -2.72. The summed E-state index contributed by atoms with van der Waals surface area (Å²) < 4.78 is 34.6. The van der Waals surface area contributed by atoms with Gasteiger partial charge in [0.1, 0.15) is 18.3 Å². The van der Waals surface area contributed by atoms with Crippen LogP contribution in [0.3, 0.4) is 0 Å². The highest BCUT2D eigenvalue weighted by atomic mass is 35.5. The van der Waals surface area contributed by atoms with E-state index in [9.17, 15) is 18.0 Å². The zero-order valence-electron chi connectivity index (χ0n) is 25.9. The Morgan fingerprint density at radius 1 is 0.848 bits per heavy atom. The molecule has 0 bridgehead atoms. The van der Waals surface area contributed by atoms with Crippen molar-refractivity contribution in [1.82, 2.24) is 10.2 Å². The number of amides is 2. The lowest BCUT2D eigenvalue weighted by Crippen LogP contribution is -2.54. The number of hydrogen-bond acceptors (Lipinski definition) is 5. The van der Waals surface area contributed by atoms with Crippen molar-refractivity contribution in [1.29, 1.82) is 0 Å². The van der Waals surface area contributed by atoms with Crippen LogP contribution in [-0.4, -0.2) is 50.9 Å². The van der Waals surface area contributed by atoms with Gasteiger partial charge >= 0.3 is 0 Å². The summed E-state index contributed by atoms with van der Waals surface area (Å²) in [6.45, 7) is 3.26. The fraction of sp³-hybridized carbons (Fsp3) is 0.257. The number of hydrogen-bond donors (Lipinski definition) is 1. The number of benzene rings is 4. The summed E-state index contributed by atoms with van der Waals surface area (Å²) >= 11 is 12.5. The monoisotopic (exact) mass is 681 g/mol. The Kier molecular flexibility index (Phi) is 12.1. The molecule has 8 nitrogen and oxygen atoms in total.